The van der Waals surface area contributed by atoms with E-state index in [2.05, 4.69) is 9.88 Å². The number of nitrogen functional groups attached to an aromatic ring is 1. The minimum Gasteiger partial charge on any atom is -0.384 e. The number of hydrogen-bond donors (Lipinski definition) is 1. The summed E-state index contributed by atoms with van der Waals surface area (Å²) in [6, 6.07) is 3.04. The second-order valence-corrected chi connectivity index (χ2v) is 7.47. The Kier molecular flexibility index (Phi) is 4.62. The monoisotopic (exact) mass is 298 g/mol. The number of rotatable bonds is 4. The molecule has 0 saturated carbocycles. The van der Waals surface area contributed by atoms with Gasteiger partial charge >= 0.3 is 0 Å². The van der Waals surface area contributed by atoms with Gasteiger partial charge < -0.3 is 10.6 Å². The first-order chi connectivity index (χ1) is 9.39. The van der Waals surface area contributed by atoms with Crippen molar-refractivity contribution in [3.8, 4) is 0 Å². The maximum Gasteiger partial charge on any atom is 0.244 e. The third-order valence-electron chi connectivity index (χ3n) is 3.59. The molecule has 0 unspecified atom stereocenters. The Hall–Kier alpha value is -1.18. The molecule has 7 heteroatoms. The molecule has 2 heterocycles. The van der Waals surface area contributed by atoms with Gasteiger partial charge in [-0.3, -0.25) is 0 Å². The molecule has 6 nitrogen and oxygen atoms in total. The number of nitrogens with two attached hydrogens (primary N) is 1. The lowest BCUT2D eigenvalue weighted by molar-refractivity contribution is 0.225. The van der Waals surface area contributed by atoms with E-state index in [9.17, 15) is 8.42 Å². The fraction of sp³-hybridized carbons (Fsp3) is 0.615. The molecule has 0 atom stereocenters. The van der Waals surface area contributed by atoms with Crippen molar-refractivity contribution in [2.45, 2.75) is 17.7 Å². The Bertz CT molecular complexity index is 534. The zero-order valence-electron chi connectivity index (χ0n) is 12.0. The van der Waals surface area contributed by atoms with Crippen LogP contribution in [0.25, 0.3) is 0 Å². The SMILES string of the molecule is CN(C)CC1CCN(S(=O)(=O)c2ccc(N)nc2)CC1. The van der Waals surface area contributed by atoms with E-state index in [0.717, 1.165) is 19.4 Å². The summed E-state index contributed by atoms with van der Waals surface area (Å²) in [6.45, 7) is 2.16. The molecule has 2 N–H and O–H groups in total. The molecule has 1 saturated heterocycles. The third-order valence-corrected chi connectivity index (χ3v) is 5.48. The van der Waals surface area contributed by atoms with E-state index in [1.54, 1.807) is 4.31 Å². The van der Waals surface area contributed by atoms with Crippen molar-refractivity contribution in [3.05, 3.63) is 18.3 Å². The van der Waals surface area contributed by atoms with E-state index in [1.807, 2.05) is 14.1 Å². The van der Waals surface area contributed by atoms with Crippen LogP contribution in [-0.4, -0.2) is 56.3 Å². The number of pyridine rings is 1. The molecule has 1 fully saturated rings. The first-order valence-electron chi connectivity index (χ1n) is 6.76. The number of anilines is 1. The summed E-state index contributed by atoms with van der Waals surface area (Å²) in [4.78, 5) is 6.23. The Labute approximate surface area is 120 Å². The average Bonchev–Trinajstić information content (AvgIpc) is 2.39. The predicted molar refractivity (Wildman–Crippen MR) is 78.7 cm³/mol. The van der Waals surface area contributed by atoms with Crippen LogP contribution in [0.1, 0.15) is 12.8 Å². The molecule has 1 aliphatic heterocycles. The fourth-order valence-corrected chi connectivity index (χ4v) is 3.96. The molecule has 20 heavy (non-hydrogen) atoms. The molecule has 1 aromatic rings. The second-order valence-electron chi connectivity index (χ2n) is 5.53. The van der Waals surface area contributed by atoms with Crippen LogP contribution in [0.5, 0.6) is 0 Å². The van der Waals surface area contributed by atoms with Gasteiger partial charge in [0.15, 0.2) is 0 Å². The third kappa shape index (κ3) is 3.47. The number of sulfonamides is 1. The smallest absolute Gasteiger partial charge is 0.244 e. The van der Waals surface area contributed by atoms with Crippen molar-refractivity contribution in [1.29, 1.82) is 0 Å². The van der Waals surface area contributed by atoms with Crippen LogP contribution in [-0.2, 0) is 10.0 Å². The van der Waals surface area contributed by atoms with Crippen LogP contribution in [0.15, 0.2) is 23.2 Å². The summed E-state index contributed by atoms with van der Waals surface area (Å²) in [5.41, 5.74) is 5.49. The second kappa shape index (κ2) is 6.07. The Morgan fingerprint density at radius 3 is 2.50 bits per heavy atom. The molecule has 112 valence electrons. The van der Waals surface area contributed by atoms with Crippen LogP contribution in [0.4, 0.5) is 5.82 Å². The highest BCUT2D eigenvalue weighted by Crippen LogP contribution is 2.23. The minimum atomic E-state index is -3.43. The molecular formula is C13H22N4O2S. The van der Waals surface area contributed by atoms with Crippen molar-refractivity contribution in [1.82, 2.24) is 14.2 Å². The number of aromatic nitrogens is 1. The lowest BCUT2D eigenvalue weighted by atomic mass is 9.98. The average molecular weight is 298 g/mol. The van der Waals surface area contributed by atoms with Gasteiger partial charge in [-0.15, -0.1) is 0 Å². The topological polar surface area (TPSA) is 79.5 Å². The summed E-state index contributed by atoms with van der Waals surface area (Å²) in [7, 11) is 0.661. The van der Waals surface area contributed by atoms with Crippen molar-refractivity contribution in [3.63, 3.8) is 0 Å². The molecule has 0 aromatic carbocycles. The minimum absolute atomic E-state index is 0.220. The van der Waals surface area contributed by atoms with Gasteiger partial charge in [0, 0.05) is 25.8 Å². The predicted octanol–water partition coefficient (Wildman–Crippen LogP) is 0.626. The van der Waals surface area contributed by atoms with E-state index < -0.39 is 10.0 Å². The molecule has 1 aliphatic rings. The first kappa shape index (κ1) is 15.2. The van der Waals surface area contributed by atoms with Gasteiger partial charge in [-0.1, -0.05) is 0 Å². The maximum atomic E-state index is 12.5. The summed E-state index contributed by atoms with van der Waals surface area (Å²) >= 11 is 0. The van der Waals surface area contributed by atoms with Crippen LogP contribution in [0.3, 0.4) is 0 Å². The van der Waals surface area contributed by atoms with Crippen molar-refractivity contribution < 1.29 is 8.42 Å². The highest BCUT2D eigenvalue weighted by atomic mass is 32.2. The maximum absolute atomic E-state index is 12.5. The van der Waals surface area contributed by atoms with Crippen molar-refractivity contribution in [2.75, 3.05) is 39.5 Å². The van der Waals surface area contributed by atoms with Gasteiger partial charge in [0.2, 0.25) is 10.0 Å². The Morgan fingerprint density at radius 1 is 1.35 bits per heavy atom. The highest BCUT2D eigenvalue weighted by molar-refractivity contribution is 7.89. The van der Waals surface area contributed by atoms with Gasteiger partial charge in [-0.25, -0.2) is 13.4 Å². The first-order valence-corrected chi connectivity index (χ1v) is 8.20. The lowest BCUT2D eigenvalue weighted by Gasteiger charge is -2.32. The van der Waals surface area contributed by atoms with Crippen molar-refractivity contribution in [2.24, 2.45) is 5.92 Å². The Morgan fingerprint density at radius 2 is 2.00 bits per heavy atom. The van der Waals surface area contributed by atoms with Crippen LogP contribution < -0.4 is 5.73 Å². The Balaban J connectivity index is 2.04. The van der Waals surface area contributed by atoms with E-state index in [1.165, 1.54) is 18.3 Å². The van der Waals surface area contributed by atoms with E-state index in [-0.39, 0.29) is 4.90 Å². The van der Waals surface area contributed by atoms with Gasteiger partial charge in [0.25, 0.3) is 0 Å². The van der Waals surface area contributed by atoms with Gasteiger partial charge in [-0.05, 0) is 45.0 Å². The number of nitrogens with zero attached hydrogens (tertiary/aromatic N) is 3. The van der Waals surface area contributed by atoms with E-state index in [4.69, 9.17) is 5.73 Å². The lowest BCUT2D eigenvalue weighted by Crippen LogP contribution is -2.40. The zero-order chi connectivity index (χ0) is 14.8. The van der Waals surface area contributed by atoms with E-state index in [0.29, 0.717) is 24.8 Å². The summed E-state index contributed by atoms with van der Waals surface area (Å²) < 4.78 is 26.5. The quantitative estimate of drug-likeness (QED) is 0.882. The molecule has 2 rings (SSSR count). The summed E-state index contributed by atoms with van der Waals surface area (Å²) in [5, 5.41) is 0. The van der Waals surface area contributed by atoms with Gasteiger partial charge in [0.05, 0.1) is 0 Å². The van der Waals surface area contributed by atoms with Crippen LogP contribution in [0, 0.1) is 5.92 Å². The molecule has 0 amide bonds. The van der Waals surface area contributed by atoms with Crippen LogP contribution >= 0.6 is 0 Å². The highest BCUT2D eigenvalue weighted by Gasteiger charge is 2.29. The normalized spacial score (nSPS) is 18.6. The molecular weight excluding hydrogens is 276 g/mol. The van der Waals surface area contributed by atoms with E-state index >= 15 is 0 Å². The zero-order valence-corrected chi connectivity index (χ0v) is 12.8. The van der Waals surface area contributed by atoms with Gasteiger partial charge in [-0.2, -0.15) is 4.31 Å². The number of piperidine rings is 1. The molecule has 0 radical (unpaired) electrons. The molecule has 0 aliphatic carbocycles. The molecule has 1 aromatic heterocycles. The van der Waals surface area contributed by atoms with Gasteiger partial charge in [0.1, 0.15) is 10.7 Å². The fourth-order valence-electron chi connectivity index (χ4n) is 2.54. The van der Waals surface area contributed by atoms with Crippen molar-refractivity contribution >= 4 is 15.8 Å². The number of hydrogen-bond acceptors (Lipinski definition) is 5. The largest absolute Gasteiger partial charge is 0.384 e. The summed E-state index contributed by atoms with van der Waals surface area (Å²) in [6.07, 6.45) is 3.14. The molecule has 0 spiro atoms. The standard InChI is InChI=1S/C13H22N4O2S/c1-16(2)10-11-5-7-17(8-6-11)20(18,19)12-3-4-13(14)15-9-12/h3-4,9,11H,5-8,10H2,1-2H3,(H2,14,15). The summed E-state index contributed by atoms with van der Waals surface area (Å²) in [5.74, 6) is 0.898. The molecule has 0 bridgehead atoms. The van der Waals surface area contributed by atoms with Crippen LogP contribution in [0.2, 0.25) is 0 Å².